The van der Waals surface area contributed by atoms with E-state index in [9.17, 15) is 22.8 Å². The number of alkyl halides is 3. The first-order valence-electron chi connectivity index (χ1n) is 7.39. The van der Waals surface area contributed by atoms with Crippen LogP contribution in [0.15, 0.2) is 34.1 Å². The van der Waals surface area contributed by atoms with Crippen LogP contribution in [0.1, 0.15) is 25.3 Å². The minimum Gasteiger partial charge on any atom is -0.342 e. The summed E-state index contributed by atoms with van der Waals surface area (Å²) in [6, 6.07) is 3.14. The van der Waals surface area contributed by atoms with Crippen molar-refractivity contribution in [1.82, 2.24) is 4.90 Å². The number of hydrogen-bond acceptors (Lipinski definition) is 3. The van der Waals surface area contributed by atoms with Gasteiger partial charge in [0, 0.05) is 24.6 Å². The number of benzene rings is 1. The molecule has 0 saturated heterocycles. The molecule has 0 radical (unpaired) electrons. The van der Waals surface area contributed by atoms with Gasteiger partial charge in [0.2, 0.25) is 5.91 Å². The molecule has 2 amide bonds. The van der Waals surface area contributed by atoms with Crippen LogP contribution in [-0.2, 0) is 15.8 Å². The molecule has 8 heteroatoms. The van der Waals surface area contributed by atoms with Gasteiger partial charge in [0.05, 0.1) is 16.2 Å². The van der Waals surface area contributed by atoms with Gasteiger partial charge in [-0.15, -0.1) is 0 Å². The zero-order valence-corrected chi connectivity index (χ0v) is 14.1. The van der Waals surface area contributed by atoms with Crippen molar-refractivity contribution in [2.45, 2.75) is 30.8 Å². The van der Waals surface area contributed by atoms with Crippen molar-refractivity contribution in [3.63, 3.8) is 0 Å². The Balaban J connectivity index is 2.19. The Labute approximate surface area is 142 Å². The number of amides is 2. The summed E-state index contributed by atoms with van der Waals surface area (Å²) in [7, 11) is 1.64. The molecular formula is C16H17F3N2O2S. The normalized spacial score (nSPS) is 15.9. The summed E-state index contributed by atoms with van der Waals surface area (Å²) in [4.78, 5) is 26.2. The van der Waals surface area contributed by atoms with Crippen LogP contribution in [0, 0.1) is 0 Å². The second-order valence-corrected chi connectivity index (χ2v) is 6.47. The molecule has 2 rings (SSSR count). The highest BCUT2D eigenvalue weighted by molar-refractivity contribution is 8.04. The van der Waals surface area contributed by atoms with Gasteiger partial charge in [-0.3, -0.25) is 9.59 Å². The van der Waals surface area contributed by atoms with Crippen LogP contribution in [0.2, 0.25) is 0 Å². The van der Waals surface area contributed by atoms with Gasteiger partial charge in [-0.1, -0.05) is 25.1 Å². The molecule has 1 aromatic rings. The third-order valence-electron chi connectivity index (χ3n) is 3.48. The molecule has 0 aromatic heterocycles. The average Bonchev–Trinajstić information content (AvgIpc) is 2.51. The van der Waals surface area contributed by atoms with Crippen LogP contribution < -0.4 is 5.32 Å². The van der Waals surface area contributed by atoms with Crippen molar-refractivity contribution in [2.75, 3.05) is 18.9 Å². The van der Waals surface area contributed by atoms with Gasteiger partial charge >= 0.3 is 6.18 Å². The zero-order chi connectivity index (χ0) is 17.9. The fourth-order valence-corrected chi connectivity index (χ4v) is 2.96. The van der Waals surface area contributed by atoms with E-state index in [4.69, 9.17) is 0 Å². The van der Waals surface area contributed by atoms with Crippen LogP contribution in [-0.4, -0.2) is 30.3 Å². The van der Waals surface area contributed by atoms with E-state index in [1.54, 1.807) is 7.05 Å². The van der Waals surface area contributed by atoms with Gasteiger partial charge in [-0.25, -0.2) is 0 Å². The Kier molecular flexibility index (Phi) is 5.58. The predicted octanol–water partition coefficient (Wildman–Crippen LogP) is 3.89. The van der Waals surface area contributed by atoms with Crippen LogP contribution in [0.25, 0.3) is 0 Å². The molecule has 0 saturated carbocycles. The number of unbranched alkanes of at least 4 members (excludes halogenated alkanes) is 1. The predicted molar refractivity (Wildman–Crippen MR) is 86.6 cm³/mol. The SMILES string of the molecule is CCCCN(C)C(=O)/C=C1\Sc2ccc(C(F)(F)F)cc2NC1=O. The molecule has 0 aliphatic carbocycles. The molecule has 0 fully saturated rings. The van der Waals surface area contributed by atoms with Crippen molar-refractivity contribution < 1.29 is 22.8 Å². The van der Waals surface area contributed by atoms with Crippen molar-refractivity contribution in [3.05, 3.63) is 34.7 Å². The number of halogens is 3. The van der Waals surface area contributed by atoms with E-state index in [1.165, 1.54) is 17.0 Å². The molecule has 1 aromatic carbocycles. The molecule has 1 N–H and O–H groups in total. The summed E-state index contributed by atoms with van der Waals surface area (Å²) in [5.74, 6) is -0.888. The third kappa shape index (κ3) is 4.31. The highest BCUT2D eigenvalue weighted by atomic mass is 32.2. The molecule has 1 aliphatic heterocycles. The number of nitrogens with one attached hydrogen (secondary N) is 1. The first kappa shape index (κ1) is 18.4. The molecule has 4 nitrogen and oxygen atoms in total. The second-order valence-electron chi connectivity index (χ2n) is 5.39. The first-order chi connectivity index (χ1) is 11.2. The molecule has 0 spiro atoms. The summed E-state index contributed by atoms with van der Waals surface area (Å²) in [6.45, 7) is 2.59. The number of carbonyl (C=O) groups is 2. The van der Waals surface area contributed by atoms with Crippen LogP contribution in [0.4, 0.5) is 18.9 Å². The smallest absolute Gasteiger partial charge is 0.342 e. The summed E-state index contributed by atoms with van der Waals surface area (Å²) >= 11 is 0.988. The average molecular weight is 358 g/mol. The van der Waals surface area contributed by atoms with Crippen molar-refractivity contribution in [2.24, 2.45) is 0 Å². The number of anilines is 1. The molecule has 0 atom stereocenters. The number of thioether (sulfide) groups is 1. The van der Waals surface area contributed by atoms with E-state index in [-0.39, 0.29) is 16.5 Å². The maximum Gasteiger partial charge on any atom is 0.416 e. The fourth-order valence-electron chi connectivity index (χ4n) is 2.06. The third-order valence-corrected chi connectivity index (χ3v) is 4.58. The minimum absolute atomic E-state index is 0.101. The minimum atomic E-state index is -4.47. The van der Waals surface area contributed by atoms with Gasteiger partial charge in [0.25, 0.3) is 5.91 Å². The lowest BCUT2D eigenvalue weighted by Crippen LogP contribution is -2.27. The maximum atomic E-state index is 12.7. The largest absolute Gasteiger partial charge is 0.416 e. The Hall–Kier alpha value is -1.96. The number of nitrogens with zero attached hydrogens (tertiary/aromatic N) is 1. The summed E-state index contributed by atoms with van der Waals surface area (Å²) in [5, 5.41) is 2.41. The Morgan fingerprint density at radius 3 is 2.71 bits per heavy atom. The van der Waals surface area contributed by atoms with Crippen molar-refractivity contribution in [1.29, 1.82) is 0 Å². The van der Waals surface area contributed by atoms with E-state index < -0.39 is 17.6 Å². The Bertz CT molecular complexity index is 686. The summed E-state index contributed by atoms with van der Waals surface area (Å²) in [5.41, 5.74) is -0.728. The van der Waals surface area contributed by atoms with Gasteiger partial charge in [-0.2, -0.15) is 13.2 Å². The quantitative estimate of drug-likeness (QED) is 0.831. The fraction of sp³-hybridized carbons (Fsp3) is 0.375. The number of carbonyl (C=O) groups excluding carboxylic acids is 2. The summed E-state index contributed by atoms with van der Waals surface area (Å²) in [6.07, 6.45) is -1.46. The number of rotatable bonds is 4. The van der Waals surface area contributed by atoms with E-state index in [0.29, 0.717) is 11.4 Å². The van der Waals surface area contributed by atoms with Crippen LogP contribution in [0.3, 0.4) is 0 Å². The Morgan fingerprint density at radius 2 is 2.08 bits per heavy atom. The van der Waals surface area contributed by atoms with Crippen LogP contribution >= 0.6 is 11.8 Å². The Morgan fingerprint density at radius 1 is 1.38 bits per heavy atom. The van der Waals surface area contributed by atoms with E-state index in [0.717, 1.165) is 36.7 Å². The standard InChI is InChI=1S/C16H17F3N2O2S/c1-3-4-7-21(2)14(22)9-13-15(23)20-11-8-10(16(17,18)19)5-6-12(11)24-13/h5-6,8-9H,3-4,7H2,1-2H3,(H,20,23)/b13-9-. The van der Waals surface area contributed by atoms with Crippen molar-refractivity contribution in [3.8, 4) is 0 Å². The van der Waals surface area contributed by atoms with Gasteiger partial charge in [-0.05, 0) is 24.6 Å². The van der Waals surface area contributed by atoms with E-state index in [2.05, 4.69) is 5.32 Å². The highest BCUT2D eigenvalue weighted by Gasteiger charge is 2.32. The first-order valence-corrected chi connectivity index (χ1v) is 8.21. The monoisotopic (exact) mass is 358 g/mol. The van der Waals surface area contributed by atoms with Gasteiger partial charge in [0.15, 0.2) is 0 Å². The molecular weight excluding hydrogens is 341 g/mol. The molecule has 1 aliphatic rings. The highest BCUT2D eigenvalue weighted by Crippen LogP contribution is 2.41. The molecule has 24 heavy (non-hydrogen) atoms. The summed E-state index contributed by atoms with van der Waals surface area (Å²) < 4.78 is 38.1. The second kappa shape index (κ2) is 7.29. The number of fused-ring (bicyclic) bond motifs is 1. The molecule has 0 unspecified atom stereocenters. The van der Waals surface area contributed by atoms with Crippen molar-refractivity contribution >= 4 is 29.3 Å². The maximum absolute atomic E-state index is 12.7. The lowest BCUT2D eigenvalue weighted by atomic mass is 10.2. The molecule has 0 bridgehead atoms. The van der Waals surface area contributed by atoms with E-state index >= 15 is 0 Å². The molecule has 1 heterocycles. The number of hydrogen-bond donors (Lipinski definition) is 1. The lowest BCUT2D eigenvalue weighted by Gasteiger charge is -2.21. The lowest BCUT2D eigenvalue weighted by molar-refractivity contribution is -0.137. The molecule has 130 valence electrons. The topological polar surface area (TPSA) is 49.4 Å². The van der Waals surface area contributed by atoms with E-state index in [1.807, 2.05) is 6.92 Å². The number of likely N-dealkylation sites (N-methyl/N-ethyl adjacent to an activating group) is 1. The van der Waals surface area contributed by atoms with Gasteiger partial charge < -0.3 is 10.2 Å². The zero-order valence-electron chi connectivity index (χ0n) is 13.2. The van der Waals surface area contributed by atoms with Gasteiger partial charge in [0.1, 0.15) is 0 Å². The van der Waals surface area contributed by atoms with Crippen LogP contribution in [0.5, 0.6) is 0 Å².